The van der Waals surface area contributed by atoms with Crippen molar-refractivity contribution in [3.05, 3.63) is 46.2 Å². The molecule has 1 aliphatic carbocycles. The van der Waals surface area contributed by atoms with Crippen molar-refractivity contribution in [1.82, 2.24) is 15.5 Å². The fraction of sp³-hybridized carbons (Fsp3) is 0.312. The number of carbonyl (C=O) groups is 1. The summed E-state index contributed by atoms with van der Waals surface area (Å²) in [6.07, 6.45) is 6.16. The average Bonchev–Trinajstić information content (AvgIpc) is 3.02. The molecule has 1 fully saturated rings. The van der Waals surface area contributed by atoms with Gasteiger partial charge in [0.25, 0.3) is 5.91 Å². The molecule has 118 valence electrons. The van der Waals surface area contributed by atoms with Crippen molar-refractivity contribution >= 4 is 17.2 Å². The van der Waals surface area contributed by atoms with Crippen LogP contribution in [-0.4, -0.2) is 22.6 Å². The highest BCUT2D eigenvalue weighted by molar-refractivity contribution is 7.09. The number of amides is 1. The van der Waals surface area contributed by atoms with E-state index in [4.69, 9.17) is 8.94 Å². The van der Waals surface area contributed by atoms with Crippen molar-refractivity contribution in [3.8, 4) is 11.5 Å². The normalized spacial score (nSPS) is 14.1. The predicted molar refractivity (Wildman–Crippen MR) is 84.3 cm³/mol. The van der Waals surface area contributed by atoms with Crippen LogP contribution >= 0.6 is 11.3 Å². The third-order valence-electron chi connectivity index (χ3n) is 3.75. The summed E-state index contributed by atoms with van der Waals surface area (Å²) in [5, 5.41) is 9.75. The molecule has 23 heavy (non-hydrogen) atoms. The SMILES string of the molecule is O=C(NCCc1nc(C2CC2)cs1)c1cnoc1-c1ccco1. The predicted octanol–water partition coefficient (Wildman–Crippen LogP) is 3.24. The Morgan fingerprint density at radius 3 is 3.13 bits per heavy atom. The van der Waals surface area contributed by atoms with Crippen LogP contribution < -0.4 is 5.32 Å². The molecule has 3 aromatic rings. The molecule has 0 saturated heterocycles. The van der Waals surface area contributed by atoms with E-state index in [9.17, 15) is 4.79 Å². The summed E-state index contributed by atoms with van der Waals surface area (Å²) in [5.74, 6) is 1.28. The Kier molecular flexibility index (Phi) is 3.70. The van der Waals surface area contributed by atoms with E-state index < -0.39 is 0 Å². The molecule has 4 rings (SSSR count). The number of nitrogens with zero attached hydrogens (tertiary/aromatic N) is 2. The minimum Gasteiger partial charge on any atom is -0.461 e. The van der Waals surface area contributed by atoms with E-state index in [0.717, 1.165) is 11.4 Å². The highest BCUT2D eigenvalue weighted by Gasteiger charge is 2.26. The van der Waals surface area contributed by atoms with Crippen LogP contribution in [0, 0.1) is 0 Å². The van der Waals surface area contributed by atoms with E-state index in [2.05, 4.69) is 20.8 Å². The molecule has 1 aliphatic rings. The van der Waals surface area contributed by atoms with Gasteiger partial charge in [-0.2, -0.15) is 0 Å². The number of carbonyl (C=O) groups excluding carboxylic acids is 1. The molecule has 3 heterocycles. The van der Waals surface area contributed by atoms with Crippen molar-refractivity contribution in [3.63, 3.8) is 0 Å². The number of hydrogen-bond donors (Lipinski definition) is 1. The fourth-order valence-electron chi connectivity index (χ4n) is 2.37. The van der Waals surface area contributed by atoms with Gasteiger partial charge in [-0.15, -0.1) is 11.3 Å². The van der Waals surface area contributed by atoms with Gasteiger partial charge in [0.1, 0.15) is 5.56 Å². The molecule has 0 spiro atoms. The zero-order chi connectivity index (χ0) is 15.6. The summed E-state index contributed by atoms with van der Waals surface area (Å²) >= 11 is 1.66. The molecule has 1 N–H and O–H groups in total. The highest BCUT2D eigenvalue weighted by atomic mass is 32.1. The van der Waals surface area contributed by atoms with Gasteiger partial charge in [0, 0.05) is 24.3 Å². The van der Waals surface area contributed by atoms with Crippen molar-refractivity contribution in [2.24, 2.45) is 0 Å². The van der Waals surface area contributed by atoms with Gasteiger partial charge in [0.15, 0.2) is 5.76 Å². The van der Waals surface area contributed by atoms with Crippen LogP contribution in [0.2, 0.25) is 0 Å². The first kappa shape index (κ1) is 14.2. The lowest BCUT2D eigenvalue weighted by molar-refractivity contribution is 0.0954. The fourth-order valence-corrected chi connectivity index (χ4v) is 3.25. The van der Waals surface area contributed by atoms with E-state index in [0.29, 0.717) is 29.5 Å². The van der Waals surface area contributed by atoms with Crippen LogP contribution in [0.15, 0.2) is 38.9 Å². The standard InChI is InChI=1S/C16H15N3O3S/c20-16(11-8-18-22-15(11)13-2-1-7-21-13)17-6-5-14-19-12(9-23-14)10-3-4-10/h1-2,7-10H,3-6H2,(H,17,20). The van der Waals surface area contributed by atoms with E-state index in [1.54, 1.807) is 23.5 Å². The summed E-state index contributed by atoms with van der Waals surface area (Å²) in [7, 11) is 0. The maximum Gasteiger partial charge on any atom is 0.257 e. The third kappa shape index (κ3) is 3.05. The van der Waals surface area contributed by atoms with Crippen molar-refractivity contribution in [2.45, 2.75) is 25.2 Å². The monoisotopic (exact) mass is 329 g/mol. The van der Waals surface area contributed by atoms with Crippen LogP contribution in [0.25, 0.3) is 11.5 Å². The molecular formula is C16H15N3O3S. The maximum absolute atomic E-state index is 12.3. The molecule has 3 aromatic heterocycles. The molecule has 0 unspecified atom stereocenters. The lowest BCUT2D eigenvalue weighted by Crippen LogP contribution is -2.25. The Morgan fingerprint density at radius 2 is 2.35 bits per heavy atom. The minimum absolute atomic E-state index is 0.225. The molecule has 1 amide bonds. The van der Waals surface area contributed by atoms with Gasteiger partial charge in [-0.05, 0) is 25.0 Å². The van der Waals surface area contributed by atoms with E-state index in [-0.39, 0.29) is 5.91 Å². The first-order valence-corrected chi connectivity index (χ1v) is 8.40. The quantitative estimate of drug-likeness (QED) is 0.751. The molecule has 7 heteroatoms. The largest absolute Gasteiger partial charge is 0.461 e. The second-order valence-corrected chi connectivity index (χ2v) is 6.43. The third-order valence-corrected chi connectivity index (χ3v) is 4.68. The topological polar surface area (TPSA) is 81.2 Å². The Morgan fingerprint density at radius 1 is 1.43 bits per heavy atom. The van der Waals surface area contributed by atoms with Gasteiger partial charge in [-0.25, -0.2) is 4.98 Å². The second kappa shape index (κ2) is 6.00. The zero-order valence-electron chi connectivity index (χ0n) is 12.3. The number of furan rings is 1. The van der Waals surface area contributed by atoms with Crippen LogP contribution in [0.1, 0.15) is 39.8 Å². The van der Waals surface area contributed by atoms with Gasteiger partial charge in [-0.3, -0.25) is 4.79 Å². The summed E-state index contributed by atoms with van der Waals surface area (Å²) < 4.78 is 10.4. The van der Waals surface area contributed by atoms with Gasteiger partial charge >= 0.3 is 0 Å². The van der Waals surface area contributed by atoms with Gasteiger partial charge in [0.2, 0.25) is 5.76 Å². The van der Waals surface area contributed by atoms with E-state index >= 15 is 0 Å². The molecule has 0 aromatic carbocycles. The number of aromatic nitrogens is 2. The molecule has 0 bridgehead atoms. The van der Waals surface area contributed by atoms with Gasteiger partial charge in [-0.1, -0.05) is 5.16 Å². The summed E-state index contributed by atoms with van der Waals surface area (Å²) in [5.41, 5.74) is 1.58. The molecule has 0 aliphatic heterocycles. The number of hydrogen-bond acceptors (Lipinski definition) is 6. The maximum atomic E-state index is 12.3. The average molecular weight is 329 g/mol. The number of thiazole rings is 1. The summed E-state index contributed by atoms with van der Waals surface area (Å²) in [4.78, 5) is 16.9. The van der Waals surface area contributed by atoms with Crippen molar-refractivity contribution in [2.75, 3.05) is 6.54 Å². The smallest absolute Gasteiger partial charge is 0.257 e. The summed E-state index contributed by atoms with van der Waals surface area (Å²) in [6.45, 7) is 0.527. The number of nitrogens with one attached hydrogen (secondary N) is 1. The second-order valence-electron chi connectivity index (χ2n) is 5.49. The Bertz CT molecular complexity index is 802. The molecule has 0 atom stereocenters. The zero-order valence-corrected chi connectivity index (χ0v) is 13.1. The van der Waals surface area contributed by atoms with Crippen LogP contribution in [0.4, 0.5) is 0 Å². The van der Waals surface area contributed by atoms with Crippen LogP contribution in [0.3, 0.4) is 0 Å². The van der Waals surface area contributed by atoms with E-state index in [1.807, 2.05) is 0 Å². The van der Waals surface area contributed by atoms with Crippen molar-refractivity contribution in [1.29, 1.82) is 0 Å². The first-order valence-electron chi connectivity index (χ1n) is 7.52. The lowest BCUT2D eigenvalue weighted by Gasteiger charge is -2.02. The Hall–Kier alpha value is -2.41. The van der Waals surface area contributed by atoms with E-state index in [1.165, 1.54) is 31.0 Å². The lowest BCUT2D eigenvalue weighted by atomic mass is 10.2. The Balaban J connectivity index is 1.36. The first-order chi connectivity index (χ1) is 11.3. The Labute approximate surface area is 136 Å². The van der Waals surface area contributed by atoms with Gasteiger partial charge < -0.3 is 14.3 Å². The molecule has 0 radical (unpaired) electrons. The molecule has 6 nitrogen and oxygen atoms in total. The highest BCUT2D eigenvalue weighted by Crippen LogP contribution is 2.40. The molecular weight excluding hydrogens is 314 g/mol. The summed E-state index contributed by atoms with van der Waals surface area (Å²) in [6, 6.07) is 3.46. The minimum atomic E-state index is -0.225. The van der Waals surface area contributed by atoms with Crippen LogP contribution in [-0.2, 0) is 6.42 Å². The van der Waals surface area contributed by atoms with Crippen LogP contribution in [0.5, 0.6) is 0 Å². The van der Waals surface area contributed by atoms with Gasteiger partial charge in [0.05, 0.1) is 23.2 Å². The number of rotatable bonds is 6. The van der Waals surface area contributed by atoms with Crippen molar-refractivity contribution < 1.29 is 13.7 Å². The molecule has 1 saturated carbocycles.